The first kappa shape index (κ1) is 13.4. The Hall–Kier alpha value is -0.630. The van der Waals surface area contributed by atoms with E-state index in [2.05, 4.69) is 6.58 Å². The molecule has 0 aromatic rings. The lowest BCUT2D eigenvalue weighted by atomic mass is 9.75. The Morgan fingerprint density at radius 3 is 2.38 bits per heavy atom. The zero-order valence-corrected chi connectivity index (χ0v) is 10.3. The van der Waals surface area contributed by atoms with Crippen LogP contribution in [0.2, 0.25) is 0 Å². The van der Waals surface area contributed by atoms with Gasteiger partial charge >= 0.3 is 0 Å². The molecule has 2 N–H and O–H groups in total. The molecule has 1 fully saturated rings. The summed E-state index contributed by atoms with van der Waals surface area (Å²) in [5.74, 6) is 0.402. The number of carbonyl (C=O) groups excluding carboxylic acids is 1. The Balaban J connectivity index is 2.54. The minimum absolute atomic E-state index is 0.183. The van der Waals surface area contributed by atoms with Crippen molar-refractivity contribution in [2.45, 2.75) is 57.8 Å². The fourth-order valence-electron chi connectivity index (χ4n) is 2.67. The first-order chi connectivity index (χ1) is 7.75. The molecule has 0 unspecified atom stereocenters. The van der Waals surface area contributed by atoms with Crippen molar-refractivity contribution >= 4 is 5.78 Å². The lowest BCUT2D eigenvalue weighted by Crippen LogP contribution is -2.38. The van der Waals surface area contributed by atoms with E-state index in [1.807, 2.05) is 6.08 Å². The lowest BCUT2D eigenvalue weighted by Gasteiger charge is -2.29. The van der Waals surface area contributed by atoms with Gasteiger partial charge in [-0.2, -0.15) is 0 Å². The van der Waals surface area contributed by atoms with Crippen LogP contribution in [0.3, 0.4) is 0 Å². The van der Waals surface area contributed by atoms with Crippen molar-refractivity contribution in [2.75, 3.05) is 6.54 Å². The Kier molecular flexibility index (Phi) is 5.75. The van der Waals surface area contributed by atoms with Crippen LogP contribution in [0.25, 0.3) is 0 Å². The average molecular weight is 223 g/mol. The van der Waals surface area contributed by atoms with Gasteiger partial charge in [0.25, 0.3) is 0 Å². The van der Waals surface area contributed by atoms with Crippen LogP contribution >= 0.6 is 0 Å². The Morgan fingerprint density at radius 2 is 1.88 bits per heavy atom. The summed E-state index contributed by atoms with van der Waals surface area (Å²) in [4.78, 5) is 12.3. The Morgan fingerprint density at radius 1 is 1.25 bits per heavy atom. The number of unbranched alkanes of at least 4 members (excludes halogenated alkanes) is 1. The maximum atomic E-state index is 12.3. The molecular formula is C14H25NO. The van der Waals surface area contributed by atoms with Crippen molar-refractivity contribution in [3.05, 3.63) is 12.7 Å². The van der Waals surface area contributed by atoms with Gasteiger partial charge < -0.3 is 5.73 Å². The van der Waals surface area contributed by atoms with Gasteiger partial charge in [0.15, 0.2) is 0 Å². The number of nitrogens with two attached hydrogens (primary N) is 1. The molecule has 0 amide bonds. The van der Waals surface area contributed by atoms with E-state index in [0.717, 1.165) is 25.7 Å². The van der Waals surface area contributed by atoms with E-state index in [1.54, 1.807) is 0 Å². The van der Waals surface area contributed by atoms with Gasteiger partial charge in [0, 0.05) is 18.4 Å². The molecule has 1 aliphatic rings. The van der Waals surface area contributed by atoms with Crippen LogP contribution in [-0.4, -0.2) is 12.3 Å². The number of ketones is 1. The minimum Gasteiger partial charge on any atom is -0.329 e. The largest absolute Gasteiger partial charge is 0.329 e. The molecule has 2 heteroatoms. The molecule has 0 aromatic carbocycles. The highest BCUT2D eigenvalue weighted by atomic mass is 16.1. The predicted octanol–water partition coefficient (Wildman–Crippen LogP) is 3.21. The molecule has 0 radical (unpaired) electrons. The van der Waals surface area contributed by atoms with E-state index >= 15 is 0 Å². The molecule has 1 rings (SSSR count). The summed E-state index contributed by atoms with van der Waals surface area (Å²) in [5, 5.41) is 0. The number of rotatable bonds is 6. The second-order valence-electron chi connectivity index (χ2n) is 5.00. The zero-order valence-electron chi connectivity index (χ0n) is 10.3. The highest BCUT2D eigenvalue weighted by Crippen LogP contribution is 2.36. The van der Waals surface area contributed by atoms with Crippen molar-refractivity contribution in [1.29, 1.82) is 0 Å². The number of Topliss-reactive ketones (excluding diaryl/α,β-unsaturated/α-hetero) is 1. The topological polar surface area (TPSA) is 43.1 Å². The third kappa shape index (κ3) is 3.44. The van der Waals surface area contributed by atoms with Crippen LogP contribution in [0.5, 0.6) is 0 Å². The molecule has 0 aliphatic heterocycles. The summed E-state index contributed by atoms with van der Waals surface area (Å²) in [7, 11) is 0. The molecule has 2 nitrogen and oxygen atoms in total. The number of carbonyl (C=O) groups is 1. The standard InChI is InChI=1S/C14H25NO/c1-2-3-6-9-13(16)14(12-15)10-7-4-5-8-11-14/h2H,1,3-12,15H2. The quantitative estimate of drug-likeness (QED) is 0.427. The maximum absolute atomic E-state index is 12.3. The second kappa shape index (κ2) is 6.85. The maximum Gasteiger partial charge on any atom is 0.140 e. The highest BCUT2D eigenvalue weighted by molar-refractivity contribution is 5.85. The molecule has 0 aromatic heterocycles. The fourth-order valence-corrected chi connectivity index (χ4v) is 2.67. The molecule has 0 heterocycles. The second-order valence-corrected chi connectivity index (χ2v) is 5.00. The van der Waals surface area contributed by atoms with Crippen molar-refractivity contribution in [3.8, 4) is 0 Å². The number of hydrogen-bond acceptors (Lipinski definition) is 2. The van der Waals surface area contributed by atoms with Crippen molar-refractivity contribution in [2.24, 2.45) is 11.1 Å². The summed E-state index contributed by atoms with van der Waals surface area (Å²) >= 11 is 0. The van der Waals surface area contributed by atoms with Gasteiger partial charge in [-0.25, -0.2) is 0 Å². The van der Waals surface area contributed by atoms with Crippen molar-refractivity contribution in [3.63, 3.8) is 0 Å². The van der Waals surface area contributed by atoms with Crippen LogP contribution < -0.4 is 5.73 Å². The zero-order chi connectivity index (χ0) is 11.9. The molecule has 0 atom stereocenters. The molecule has 1 saturated carbocycles. The van der Waals surface area contributed by atoms with Gasteiger partial charge in [-0.1, -0.05) is 31.8 Å². The molecule has 1 aliphatic carbocycles. The number of allylic oxidation sites excluding steroid dienone is 1. The van der Waals surface area contributed by atoms with Crippen LogP contribution in [0.15, 0.2) is 12.7 Å². The van der Waals surface area contributed by atoms with E-state index in [0.29, 0.717) is 18.7 Å². The van der Waals surface area contributed by atoms with Gasteiger partial charge in [-0.05, 0) is 25.7 Å². The average Bonchev–Trinajstić information content (AvgIpc) is 2.55. The monoisotopic (exact) mass is 223 g/mol. The summed E-state index contributed by atoms with van der Waals surface area (Å²) in [6, 6.07) is 0. The lowest BCUT2D eigenvalue weighted by molar-refractivity contribution is -0.129. The summed E-state index contributed by atoms with van der Waals surface area (Å²) < 4.78 is 0. The third-order valence-corrected chi connectivity index (χ3v) is 3.85. The van der Waals surface area contributed by atoms with E-state index in [-0.39, 0.29) is 5.41 Å². The first-order valence-corrected chi connectivity index (χ1v) is 6.59. The Bertz CT molecular complexity index is 227. The van der Waals surface area contributed by atoms with Gasteiger partial charge in [-0.15, -0.1) is 6.58 Å². The Labute approximate surface area is 99.3 Å². The minimum atomic E-state index is -0.183. The first-order valence-electron chi connectivity index (χ1n) is 6.59. The molecule has 16 heavy (non-hydrogen) atoms. The van der Waals surface area contributed by atoms with E-state index < -0.39 is 0 Å². The van der Waals surface area contributed by atoms with Crippen molar-refractivity contribution in [1.82, 2.24) is 0 Å². The van der Waals surface area contributed by atoms with Crippen molar-refractivity contribution < 1.29 is 4.79 Å². The molecule has 0 saturated heterocycles. The van der Waals surface area contributed by atoms with Crippen LogP contribution in [0.1, 0.15) is 57.8 Å². The van der Waals surface area contributed by atoms with E-state index in [4.69, 9.17) is 5.73 Å². The predicted molar refractivity (Wildman–Crippen MR) is 68.2 cm³/mol. The van der Waals surface area contributed by atoms with Gasteiger partial charge in [0.2, 0.25) is 0 Å². The van der Waals surface area contributed by atoms with E-state index in [1.165, 1.54) is 25.7 Å². The van der Waals surface area contributed by atoms with Gasteiger partial charge in [-0.3, -0.25) is 4.79 Å². The van der Waals surface area contributed by atoms with E-state index in [9.17, 15) is 4.79 Å². The SMILES string of the molecule is C=CCCCC(=O)C1(CN)CCCCCC1. The van der Waals surface area contributed by atoms with Crippen LogP contribution in [-0.2, 0) is 4.79 Å². The van der Waals surface area contributed by atoms with Gasteiger partial charge in [0.1, 0.15) is 5.78 Å². The molecule has 0 spiro atoms. The summed E-state index contributed by atoms with van der Waals surface area (Å²) in [6.45, 7) is 4.23. The third-order valence-electron chi connectivity index (χ3n) is 3.85. The summed E-state index contributed by atoms with van der Waals surface area (Å²) in [6.07, 6.45) is 11.3. The molecular weight excluding hydrogens is 198 g/mol. The number of hydrogen-bond donors (Lipinski definition) is 1. The fraction of sp³-hybridized carbons (Fsp3) is 0.786. The van der Waals surface area contributed by atoms with Gasteiger partial charge in [0.05, 0.1) is 0 Å². The highest BCUT2D eigenvalue weighted by Gasteiger charge is 2.35. The molecule has 92 valence electrons. The normalized spacial score (nSPS) is 20.1. The smallest absolute Gasteiger partial charge is 0.140 e. The van der Waals surface area contributed by atoms with Crippen LogP contribution in [0.4, 0.5) is 0 Å². The summed E-state index contributed by atoms with van der Waals surface area (Å²) in [5.41, 5.74) is 5.69. The molecule has 0 bridgehead atoms. The van der Waals surface area contributed by atoms with Crippen LogP contribution in [0, 0.1) is 5.41 Å².